The summed E-state index contributed by atoms with van der Waals surface area (Å²) in [5.41, 5.74) is 0.257. The topological polar surface area (TPSA) is 82.1 Å². The van der Waals surface area contributed by atoms with E-state index in [2.05, 4.69) is 15.9 Å². The first kappa shape index (κ1) is 18.0. The van der Waals surface area contributed by atoms with Gasteiger partial charge in [0, 0.05) is 11.6 Å². The number of rotatable bonds is 7. The van der Waals surface area contributed by atoms with Gasteiger partial charge in [-0.3, -0.25) is 0 Å². The lowest BCUT2D eigenvalue weighted by Crippen LogP contribution is -2.13. The van der Waals surface area contributed by atoms with Crippen molar-refractivity contribution in [3.05, 3.63) is 58.1 Å². The van der Waals surface area contributed by atoms with Crippen molar-refractivity contribution in [2.45, 2.75) is 0 Å². The highest BCUT2D eigenvalue weighted by Gasteiger charge is 2.16. The summed E-state index contributed by atoms with van der Waals surface area (Å²) in [6.45, 7) is 0.665. The Balaban J connectivity index is 2.21. The van der Waals surface area contributed by atoms with Crippen LogP contribution in [0.2, 0.25) is 0 Å². The van der Waals surface area contributed by atoms with Gasteiger partial charge in [-0.2, -0.15) is 0 Å². The van der Waals surface area contributed by atoms with Gasteiger partial charge in [0.1, 0.15) is 23.7 Å². The van der Waals surface area contributed by atoms with Crippen molar-refractivity contribution in [2.75, 3.05) is 20.3 Å². The minimum absolute atomic E-state index is 0.0334. The number of ether oxygens (including phenoxy) is 3. The molecule has 0 aliphatic heterocycles. The maximum atomic E-state index is 12.4. The second-order valence-electron chi connectivity index (χ2n) is 4.70. The van der Waals surface area contributed by atoms with E-state index >= 15 is 0 Å². The largest absolute Gasteiger partial charge is 0.490 e. The number of carbonyl (C=O) groups is 2. The molecule has 0 aliphatic rings. The first-order valence-electron chi connectivity index (χ1n) is 6.98. The van der Waals surface area contributed by atoms with Crippen LogP contribution in [-0.4, -0.2) is 37.4 Å². The Morgan fingerprint density at radius 1 is 1.12 bits per heavy atom. The third kappa shape index (κ3) is 4.81. The lowest BCUT2D eigenvalue weighted by atomic mass is 10.2. The van der Waals surface area contributed by atoms with E-state index in [9.17, 15) is 9.59 Å². The van der Waals surface area contributed by atoms with E-state index < -0.39 is 11.9 Å². The lowest BCUT2D eigenvalue weighted by molar-refractivity contribution is 0.0686. The molecule has 2 aromatic rings. The van der Waals surface area contributed by atoms with Crippen LogP contribution in [0.15, 0.2) is 46.9 Å². The number of benzene rings is 2. The van der Waals surface area contributed by atoms with Gasteiger partial charge in [-0.15, -0.1) is 0 Å². The fraction of sp³-hybridized carbons (Fsp3) is 0.176. The van der Waals surface area contributed by atoms with Crippen LogP contribution in [0.5, 0.6) is 11.5 Å². The van der Waals surface area contributed by atoms with Gasteiger partial charge in [-0.1, -0.05) is 22.0 Å². The maximum Gasteiger partial charge on any atom is 0.347 e. The van der Waals surface area contributed by atoms with Gasteiger partial charge in [-0.25, -0.2) is 9.59 Å². The summed E-state index contributed by atoms with van der Waals surface area (Å²) in [4.78, 5) is 23.4. The normalized spacial score (nSPS) is 10.2. The smallest absolute Gasteiger partial charge is 0.347 e. The Labute approximate surface area is 147 Å². The van der Waals surface area contributed by atoms with Crippen LogP contribution in [0.1, 0.15) is 20.7 Å². The average molecular weight is 395 g/mol. The first-order valence-corrected chi connectivity index (χ1v) is 7.77. The van der Waals surface area contributed by atoms with Gasteiger partial charge in [0.15, 0.2) is 0 Å². The van der Waals surface area contributed by atoms with Gasteiger partial charge in [0.2, 0.25) is 0 Å². The number of carboxylic acids is 1. The van der Waals surface area contributed by atoms with Crippen molar-refractivity contribution in [2.24, 2.45) is 0 Å². The van der Waals surface area contributed by atoms with E-state index in [1.54, 1.807) is 25.3 Å². The van der Waals surface area contributed by atoms with Gasteiger partial charge in [0.25, 0.3) is 0 Å². The van der Waals surface area contributed by atoms with Crippen LogP contribution in [0.25, 0.3) is 0 Å². The Morgan fingerprint density at radius 3 is 2.62 bits per heavy atom. The van der Waals surface area contributed by atoms with Crippen molar-refractivity contribution in [1.29, 1.82) is 0 Å². The van der Waals surface area contributed by atoms with Crippen molar-refractivity contribution in [1.82, 2.24) is 0 Å². The molecule has 0 amide bonds. The molecule has 0 bridgehead atoms. The van der Waals surface area contributed by atoms with Crippen LogP contribution in [-0.2, 0) is 4.74 Å². The predicted octanol–water partition coefficient (Wildman–Crippen LogP) is 3.39. The molecule has 7 heteroatoms. The molecule has 24 heavy (non-hydrogen) atoms. The van der Waals surface area contributed by atoms with E-state index in [4.69, 9.17) is 19.3 Å². The fourth-order valence-corrected chi connectivity index (χ4v) is 2.24. The highest BCUT2D eigenvalue weighted by Crippen LogP contribution is 2.25. The molecule has 0 fully saturated rings. The Hall–Kier alpha value is -2.38. The van der Waals surface area contributed by atoms with E-state index in [1.807, 2.05) is 0 Å². The summed E-state index contributed by atoms with van der Waals surface area (Å²) in [5.74, 6) is -1.25. The Bertz CT molecular complexity index is 744. The molecule has 2 rings (SSSR count). The van der Waals surface area contributed by atoms with Crippen molar-refractivity contribution in [3.8, 4) is 11.5 Å². The predicted molar refractivity (Wildman–Crippen MR) is 89.9 cm³/mol. The number of hydrogen-bond acceptors (Lipinski definition) is 5. The molecular formula is C17H15BrO6. The average Bonchev–Trinajstić information content (AvgIpc) is 2.56. The van der Waals surface area contributed by atoms with Crippen LogP contribution < -0.4 is 9.47 Å². The van der Waals surface area contributed by atoms with Crippen LogP contribution in [0.4, 0.5) is 0 Å². The molecule has 0 aromatic heterocycles. The minimum atomic E-state index is -1.10. The summed E-state index contributed by atoms with van der Waals surface area (Å²) in [6.07, 6.45) is 0. The Morgan fingerprint density at radius 2 is 1.92 bits per heavy atom. The van der Waals surface area contributed by atoms with Crippen molar-refractivity contribution in [3.63, 3.8) is 0 Å². The number of methoxy groups -OCH3 is 1. The highest BCUT2D eigenvalue weighted by atomic mass is 79.9. The molecule has 0 radical (unpaired) electrons. The molecule has 0 spiro atoms. The second kappa shape index (κ2) is 8.47. The molecule has 2 aromatic carbocycles. The number of aromatic carboxylic acids is 1. The monoisotopic (exact) mass is 394 g/mol. The quantitative estimate of drug-likeness (QED) is 0.440. The van der Waals surface area contributed by atoms with Crippen molar-refractivity contribution < 1.29 is 28.9 Å². The zero-order valence-corrected chi connectivity index (χ0v) is 14.4. The Kier molecular flexibility index (Phi) is 6.34. The van der Waals surface area contributed by atoms with Gasteiger partial charge in [-0.05, 0) is 36.4 Å². The maximum absolute atomic E-state index is 12.4. The summed E-state index contributed by atoms with van der Waals surface area (Å²) >= 11 is 3.30. The molecule has 0 aliphatic carbocycles. The molecule has 1 N–H and O–H groups in total. The summed E-state index contributed by atoms with van der Waals surface area (Å²) in [5, 5.41) is 8.98. The second-order valence-corrected chi connectivity index (χ2v) is 5.62. The number of carboxylic acid groups (broad SMARTS) is 1. The summed E-state index contributed by atoms with van der Waals surface area (Å²) in [6, 6.07) is 10.7. The third-order valence-electron chi connectivity index (χ3n) is 3.00. The molecule has 0 heterocycles. The zero-order valence-electron chi connectivity index (χ0n) is 12.8. The van der Waals surface area contributed by atoms with E-state index in [1.165, 1.54) is 24.3 Å². The number of carbonyl (C=O) groups excluding carboxylic acids is 1. The van der Waals surface area contributed by atoms with E-state index in [0.717, 1.165) is 0 Å². The fourth-order valence-electron chi connectivity index (χ4n) is 1.88. The first-order chi connectivity index (χ1) is 11.5. The summed E-state index contributed by atoms with van der Waals surface area (Å²) in [7, 11) is 1.55. The number of esters is 1. The van der Waals surface area contributed by atoms with Crippen molar-refractivity contribution >= 4 is 27.9 Å². The number of hydrogen-bond donors (Lipinski definition) is 1. The van der Waals surface area contributed by atoms with Gasteiger partial charge < -0.3 is 19.3 Å². The van der Waals surface area contributed by atoms with Crippen LogP contribution in [0.3, 0.4) is 0 Å². The molecule has 0 atom stereocenters. The zero-order chi connectivity index (χ0) is 17.5. The highest BCUT2D eigenvalue weighted by molar-refractivity contribution is 9.10. The molecule has 6 nitrogen and oxygen atoms in total. The van der Waals surface area contributed by atoms with Gasteiger partial charge >= 0.3 is 11.9 Å². The lowest BCUT2D eigenvalue weighted by Gasteiger charge is -2.11. The SMILES string of the molecule is COCCOc1ccc(Br)cc1C(=O)Oc1cccc(C(=O)O)c1. The molecule has 0 unspecified atom stereocenters. The molecule has 0 saturated heterocycles. The molecule has 126 valence electrons. The molecular weight excluding hydrogens is 380 g/mol. The third-order valence-corrected chi connectivity index (χ3v) is 3.49. The minimum Gasteiger partial charge on any atom is -0.490 e. The molecule has 0 saturated carbocycles. The van der Waals surface area contributed by atoms with E-state index in [-0.39, 0.29) is 23.5 Å². The standard InChI is InChI=1S/C17H15BrO6/c1-22-7-8-23-15-6-5-12(18)10-14(15)17(21)24-13-4-2-3-11(9-13)16(19)20/h2-6,9-10H,7-8H2,1H3,(H,19,20). The van der Waals surface area contributed by atoms with Crippen LogP contribution in [0, 0.1) is 0 Å². The summed E-state index contributed by atoms with van der Waals surface area (Å²) < 4.78 is 16.4. The number of halogens is 1. The van der Waals surface area contributed by atoms with E-state index in [0.29, 0.717) is 16.8 Å². The van der Waals surface area contributed by atoms with Crippen LogP contribution >= 0.6 is 15.9 Å². The van der Waals surface area contributed by atoms with Gasteiger partial charge in [0.05, 0.1) is 12.2 Å².